The third kappa shape index (κ3) is 9.85. The quantitative estimate of drug-likeness (QED) is 0.0720. The number of phenols is 1. The average Bonchev–Trinajstić information content (AvgIpc) is 3.83. The van der Waals surface area contributed by atoms with E-state index in [0.717, 1.165) is 54.6 Å². The van der Waals surface area contributed by atoms with Crippen LogP contribution in [0, 0.1) is 5.92 Å². The zero-order chi connectivity index (χ0) is 39.9. The summed E-state index contributed by atoms with van der Waals surface area (Å²) in [6, 6.07) is 19.6. The fourth-order valence-corrected chi connectivity index (χ4v) is 8.08. The zero-order valence-electron chi connectivity index (χ0n) is 32.0. The number of aliphatic hydroxyl groups excluding tert-OH is 1. The first-order valence-electron chi connectivity index (χ1n) is 19.1. The van der Waals surface area contributed by atoms with E-state index in [0.29, 0.717) is 40.1 Å². The number of hydrogen-bond donors (Lipinski definition) is 6. The van der Waals surface area contributed by atoms with Crippen LogP contribution >= 0.6 is 11.3 Å². The number of nitrogens with one attached hydrogen (secondary N) is 3. The van der Waals surface area contributed by atoms with Crippen molar-refractivity contribution >= 4 is 33.6 Å². The molecule has 56 heavy (non-hydrogen) atoms. The minimum Gasteiger partial charge on any atom is -0.506 e. The lowest BCUT2D eigenvalue weighted by Gasteiger charge is -2.36. The summed E-state index contributed by atoms with van der Waals surface area (Å²) in [5.74, 6) is 0.419. The number of benzene rings is 3. The molecule has 5 aromatic rings. The number of aromatic nitrogens is 2. The van der Waals surface area contributed by atoms with Crippen molar-refractivity contribution in [1.82, 2.24) is 25.5 Å². The lowest BCUT2D eigenvalue weighted by molar-refractivity contribution is -0.0240. The number of amides is 2. The molecule has 298 valence electrons. The highest BCUT2D eigenvalue weighted by Crippen LogP contribution is 2.43. The van der Waals surface area contributed by atoms with Crippen LogP contribution in [0.4, 0.5) is 4.79 Å². The summed E-state index contributed by atoms with van der Waals surface area (Å²) < 4.78 is 12.4. The van der Waals surface area contributed by atoms with Gasteiger partial charge < -0.3 is 45.0 Å². The van der Waals surface area contributed by atoms with Crippen LogP contribution in [0.25, 0.3) is 10.2 Å². The number of nitrogens with zero attached hydrogens (tertiary/aromatic N) is 2. The Labute approximate surface area is 329 Å². The monoisotopic (exact) mass is 785 g/mol. The maximum Gasteiger partial charge on any atom is 0.410 e. The summed E-state index contributed by atoms with van der Waals surface area (Å²) >= 11 is 0.936. The third-order valence-electron chi connectivity index (χ3n) is 10.1. The van der Waals surface area contributed by atoms with E-state index in [9.17, 15) is 29.7 Å². The Kier molecular flexibility index (Phi) is 12.9. The molecule has 0 spiro atoms. The molecular formula is C42H51N5O8S. The second kappa shape index (κ2) is 17.8. The Hall–Kier alpha value is -5.02. The van der Waals surface area contributed by atoms with Crippen LogP contribution in [0.5, 0.6) is 5.75 Å². The minimum absolute atomic E-state index is 0.0239. The second-order valence-corrected chi connectivity index (χ2v) is 16.3. The van der Waals surface area contributed by atoms with Crippen LogP contribution < -0.4 is 15.5 Å². The zero-order valence-corrected chi connectivity index (χ0v) is 32.9. The Bertz CT molecular complexity index is 2140. The average molecular weight is 786 g/mol. The Balaban J connectivity index is 1.02. The molecule has 1 fully saturated rings. The van der Waals surface area contributed by atoms with E-state index in [1.54, 1.807) is 45.2 Å². The number of aromatic hydroxyl groups is 1. The third-order valence-corrected chi connectivity index (χ3v) is 11.0. The predicted octanol–water partition coefficient (Wildman–Crippen LogP) is 6.13. The SMILES string of the molecule is CC(C)(C)OC(=O)N(CCNC(=O)c1ccc(CNCC(O)c2ccc(O)c3[nH]c(=O)sc23)cc1)CCc1cnc([C@](O)(c2ccccc2)C2CCCCC2)o1. The number of aliphatic hydroxyl groups is 2. The smallest absolute Gasteiger partial charge is 0.410 e. The van der Waals surface area contributed by atoms with Gasteiger partial charge in [0.1, 0.15) is 22.6 Å². The number of H-pyrrole nitrogens is 1. The Morgan fingerprint density at radius 3 is 2.48 bits per heavy atom. The number of aromatic amines is 1. The van der Waals surface area contributed by atoms with E-state index in [1.165, 1.54) is 11.0 Å². The maximum absolute atomic E-state index is 13.3. The first-order chi connectivity index (χ1) is 26.8. The van der Waals surface area contributed by atoms with Gasteiger partial charge in [-0.25, -0.2) is 9.78 Å². The molecule has 3 aromatic carbocycles. The van der Waals surface area contributed by atoms with Gasteiger partial charge in [-0.2, -0.15) is 0 Å². The highest BCUT2D eigenvalue weighted by atomic mass is 32.1. The molecule has 14 heteroatoms. The maximum atomic E-state index is 13.3. The van der Waals surface area contributed by atoms with Crippen LogP contribution in [-0.4, -0.2) is 74.0 Å². The Morgan fingerprint density at radius 1 is 1.04 bits per heavy atom. The lowest BCUT2D eigenvalue weighted by Crippen LogP contribution is -2.42. The minimum atomic E-state index is -1.36. The van der Waals surface area contributed by atoms with Gasteiger partial charge in [0.15, 0.2) is 5.60 Å². The van der Waals surface area contributed by atoms with Crippen molar-refractivity contribution in [2.24, 2.45) is 5.92 Å². The summed E-state index contributed by atoms with van der Waals surface area (Å²) in [6.07, 6.45) is 5.49. The highest BCUT2D eigenvalue weighted by Gasteiger charge is 2.44. The normalized spacial score (nSPS) is 15.3. The molecule has 0 aliphatic heterocycles. The number of thiazole rings is 1. The van der Waals surface area contributed by atoms with E-state index in [4.69, 9.17) is 9.15 Å². The molecule has 0 saturated heterocycles. The number of oxazole rings is 1. The van der Waals surface area contributed by atoms with Gasteiger partial charge in [0.05, 0.1) is 17.0 Å². The van der Waals surface area contributed by atoms with E-state index >= 15 is 0 Å². The van der Waals surface area contributed by atoms with Gasteiger partial charge in [-0.3, -0.25) is 9.59 Å². The molecule has 0 radical (unpaired) electrons. The fraction of sp³-hybridized carbons (Fsp3) is 0.429. The summed E-state index contributed by atoms with van der Waals surface area (Å²) in [6.45, 7) is 6.63. The first-order valence-corrected chi connectivity index (χ1v) is 19.9. The van der Waals surface area contributed by atoms with Crippen molar-refractivity contribution in [2.75, 3.05) is 26.2 Å². The topological polar surface area (TPSA) is 190 Å². The van der Waals surface area contributed by atoms with Gasteiger partial charge in [0.2, 0.25) is 5.89 Å². The summed E-state index contributed by atoms with van der Waals surface area (Å²) in [7, 11) is 0. The molecule has 1 aliphatic rings. The molecule has 0 bridgehead atoms. The Morgan fingerprint density at radius 2 is 1.77 bits per heavy atom. The molecule has 6 N–H and O–H groups in total. The van der Waals surface area contributed by atoms with Gasteiger partial charge in [0.25, 0.3) is 5.91 Å². The van der Waals surface area contributed by atoms with Crippen molar-refractivity contribution in [2.45, 2.75) is 83.1 Å². The molecule has 13 nitrogen and oxygen atoms in total. The molecular weight excluding hydrogens is 735 g/mol. The van der Waals surface area contributed by atoms with Crippen molar-refractivity contribution < 1.29 is 34.1 Å². The molecule has 6 rings (SSSR count). The largest absolute Gasteiger partial charge is 0.506 e. The van der Waals surface area contributed by atoms with E-state index in [2.05, 4.69) is 20.6 Å². The molecule has 1 unspecified atom stereocenters. The van der Waals surface area contributed by atoms with Gasteiger partial charge >= 0.3 is 11.0 Å². The van der Waals surface area contributed by atoms with Crippen molar-refractivity contribution in [3.05, 3.63) is 116 Å². The van der Waals surface area contributed by atoms with Crippen LogP contribution in [0.15, 0.2) is 82.1 Å². The van der Waals surface area contributed by atoms with Crippen LogP contribution in [-0.2, 0) is 23.3 Å². The van der Waals surface area contributed by atoms with Gasteiger partial charge in [0, 0.05) is 56.2 Å². The number of carbonyl (C=O) groups is 2. The van der Waals surface area contributed by atoms with Crippen molar-refractivity contribution in [3.8, 4) is 5.75 Å². The molecule has 2 amide bonds. The van der Waals surface area contributed by atoms with Crippen LogP contribution in [0.1, 0.15) is 97.7 Å². The predicted molar refractivity (Wildman–Crippen MR) is 214 cm³/mol. The standard InChI is InChI=1S/C42H51N5O8S/c1-41(2,3)55-40(52)47(22-20-31-25-45-38(54-31)42(53,29-10-6-4-7-11-29)30-12-8-5-9-13-30)23-21-44-37(50)28-16-14-27(15-17-28)24-43-26-34(49)32-18-19-33(48)35-36(32)56-39(51)46-35/h4,6-7,10-11,14-19,25,30,34,43,48-49,53H,5,8-9,12-13,20-24,26H2,1-3H3,(H,44,50)(H,46,51)/t34?,42-/m0/s1. The fourth-order valence-electron chi connectivity index (χ4n) is 7.16. The molecule has 2 atom stereocenters. The first kappa shape index (κ1) is 40.6. The lowest BCUT2D eigenvalue weighted by atomic mass is 9.73. The highest BCUT2D eigenvalue weighted by molar-refractivity contribution is 7.16. The second-order valence-electron chi connectivity index (χ2n) is 15.3. The number of hydrogen-bond acceptors (Lipinski definition) is 11. The van der Waals surface area contributed by atoms with Crippen LogP contribution in [0.3, 0.4) is 0 Å². The molecule has 2 aromatic heterocycles. The van der Waals surface area contributed by atoms with Gasteiger partial charge in [-0.15, -0.1) is 0 Å². The summed E-state index contributed by atoms with van der Waals surface area (Å²) in [5, 5.41) is 39.1. The number of ether oxygens (including phenoxy) is 1. The van der Waals surface area contributed by atoms with Crippen molar-refractivity contribution in [1.29, 1.82) is 0 Å². The molecule has 2 heterocycles. The van der Waals surface area contributed by atoms with E-state index < -0.39 is 23.4 Å². The molecule has 1 aliphatic carbocycles. The van der Waals surface area contributed by atoms with E-state index in [-0.39, 0.29) is 54.5 Å². The molecule has 1 saturated carbocycles. The number of phenolic OH excluding ortho intramolecular Hbond substituents is 1. The number of fused-ring (bicyclic) bond motifs is 1. The van der Waals surface area contributed by atoms with Crippen molar-refractivity contribution in [3.63, 3.8) is 0 Å². The van der Waals surface area contributed by atoms with Crippen LogP contribution in [0.2, 0.25) is 0 Å². The summed E-state index contributed by atoms with van der Waals surface area (Å²) in [4.78, 5) is 46.5. The number of carbonyl (C=O) groups excluding carboxylic acids is 2. The van der Waals surface area contributed by atoms with Gasteiger partial charge in [-0.1, -0.05) is 79.1 Å². The summed E-state index contributed by atoms with van der Waals surface area (Å²) in [5.41, 5.74) is 0.863. The van der Waals surface area contributed by atoms with E-state index in [1.807, 2.05) is 42.5 Å². The number of rotatable bonds is 15. The van der Waals surface area contributed by atoms with Gasteiger partial charge in [-0.05, 0) is 62.9 Å².